The average Bonchev–Trinajstić information content (AvgIpc) is 2.76. The largest absolute Gasteiger partial charge is 0.493 e. The molecule has 0 saturated heterocycles. The SMILES string of the molecule is C#CCOc1c(I)cc(C=Nn2c(CCCC)nc3ccc(Br)cc3c2=O)cc1OC. The number of unbranched alkanes of at least 4 members (excludes halogenated alkanes) is 1. The Balaban J connectivity index is 2.07. The summed E-state index contributed by atoms with van der Waals surface area (Å²) in [6.07, 6.45) is 9.48. The third-order valence-corrected chi connectivity index (χ3v) is 5.80. The highest BCUT2D eigenvalue weighted by molar-refractivity contribution is 14.1. The van der Waals surface area contributed by atoms with Crippen molar-refractivity contribution in [3.8, 4) is 23.8 Å². The topological polar surface area (TPSA) is 65.7 Å². The molecule has 0 bridgehead atoms. The highest BCUT2D eigenvalue weighted by Crippen LogP contribution is 2.33. The Kier molecular flexibility index (Phi) is 8.09. The van der Waals surface area contributed by atoms with Crippen molar-refractivity contribution in [2.75, 3.05) is 13.7 Å². The lowest BCUT2D eigenvalue weighted by molar-refractivity contribution is 0.328. The van der Waals surface area contributed by atoms with E-state index in [1.807, 2.05) is 18.2 Å². The normalized spacial score (nSPS) is 11.1. The van der Waals surface area contributed by atoms with Gasteiger partial charge in [-0.3, -0.25) is 4.79 Å². The molecule has 0 fully saturated rings. The van der Waals surface area contributed by atoms with Crippen molar-refractivity contribution in [2.45, 2.75) is 26.2 Å². The predicted octanol–water partition coefficient (Wildman–Crippen LogP) is 5.01. The molecule has 0 radical (unpaired) electrons. The molecule has 8 heteroatoms. The van der Waals surface area contributed by atoms with Crippen molar-refractivity contribution in [3.05, 3.63) is 60.1 Å². The van der Waals surface area contributed by atoms with E-state index < -0.39 is 0 Å². The lowest BCUT2D eigenvalue weighted by Gasteiger charge is -2.12. The Hall–Kier alpha value is -2.38. The van der Waals surface area contributed by atoms with Crippen LogP contribution < -0.4 is 15.0 Å². The molecule has 1 aromatic heterocycles. The molecule has 6 nitrogen and oxygen atoms in total. The number of aromatic nitrogens is 2. The fraction of sp³-hybridized carbons (Fsp3) is 0.261. The molecule has 0 unspecified atom stereocenters. The van der Waals surface area contributed by atoms with Crippen molar-refractivity contribution in [1.82, 2.24) is 9.66 Å². The van der Waals surface area contributed by atoms with Crippen LogP contribution in [0.25, 0.3) is 10.9 Å². The molecule has 0 aliphatic heterocycles. The van der Waals surface area contributed by atoms with Gasteiger partial charge in [-0.2, -0.15) is 9.78 Å². The van der Waals surface area contributed by atoms with Gasteiger partial charge >= 0.3 is 0 Å². The molecule has 3 rings (SSSR count). The molecule has 0 saturated carbocycles. The van der Waals surface area contributed by atoms with Crippen LogP contribution in [-0.2, 0) is 6.42 Å². The minimum Gasteiger partial charge on any atom is -0.493 e. The molecule has 31 heavy (non-hydrogen) atoms. The van der Waals surface area contributed by atoms with E-state index in [1.165, 1.54) is 4.68 Å². The molecule has 0 aliphatic carbocycles. The molecule has 1 heterocycles. The molecule has 2 aromatic carbocycles. The number of ether oxygens (including phenoxy) is 2. The van der Waals surface area contributed by atoms with Gasteiger partial charge in [0.2, 0.25) is 0 Å². The maximum absolute atomic E-state index is 13.2. The molecular formula is C23H21BrIN3O3. The second-order valence-electron chi connectivity index (χ2n) is 6.68. The van der Waals surface area contributed by atoms with Crippen LogP contribution in [-0.4, -0.2) is 29.6 Å². The first-order chi connectivity index (χ1) is 15.0. The van der Waals surface area contributed by atoms with Crippen LogP contribution in [0, 0.1) is 15.9 Å². The zero-order valence-electron chi connectivity index (χ0n) is 17.2. The molecule has 0 atom stereocenters. The van der Waals surface area contributed by atoms with Gasteiger partial charge in [0.05, 0.1) is 27.8 Å². The van der Waals surface area contributed by atoms with E-state index in [4.69, 9.17) is 15.9 Å². The van der Waals surface area contributed by atoms with E-state index in [0.717, 1.165) is 26.4 Å². The first-order valence-electron chi connectivity index (χ1n) is 9.67. The Bertz CT molecular complexity index is 1230. The first-order valence-corrected chi connectivity index (χ1v) is 11.5. The molecule has 160 valence electrons. The van der Waals surface area contributed by atoms with Crippen molar-refractivity contribution in [1.29, 1.82) is 0 Å². The van der Waals surface area contributed by atoms with Gasteiger partial charge in [0.1, 0.15) is 12.4 Å². The second-order valence-corrected chi connectivity index (χ2v) is 8.76. The van der Waals surface area contributed by atoms with Crippen LogP contribution in [0.1, 0.15) is 31.2 Å². The van der Waals surface area contributed by atoms with Crippen LogP contribution in [0.15, 0.2) is 44.7 Å². The lowest BCUT2D eigenvalue weighted by Crippen LogP contribution is -2.22. The van der Waals surface area contributed by atoms with Crippen LogP contribution in [0.5, 0.6) is 11.5 Å². The zero-order valence-corrected chi connectivity index (χ0v) is 20.9. The van der Waals surface area contributed by atoms with Crippen molar-refractivity contribution in [2.24, 2.45) is 5.10 Å². The van der Waals surface area contributed by atoms with E-state index in [-0.39, 0.29) is 12.2 Å². The summed E-state index contributed by atoms with van der Waals surface area (Å²) in [6, 6.07) is 9.17. The highest BCUT2D eigenvalue weighted by Gasteiger charge is 2.13. The number of hydrogen-bond donors (Lipinski definition) is 0. The third-order valence-electron chi connectivity index (χ3n) is 4.50. The average molecular weight is 594 g/mol. The number of nitrogens with zero attached hydrogens (tertiary/aromatic N) is 3. The maximum Gasteiger partial charge on any atom is 0.282 e. The number of rotatable bonds is 8. The molecule has 0 amide bonds. The third kappa shape index (κ3) is 5.46. The summed E-state index contributed by atoms with van der Waals surface area (Å²) in [6.45, 7) is 2.25. The number of halogens is 2. The number of fused-ring (bicyclic) bond motifs is 1. The monoisotopic (exact) mass is 593 g/mol. The Morgan fingerprint density at radius 2 is 2.16 bits per heavy atom. The standard InChI is InChI=1S/C23H21BrIN3O3/c1-4-6-7-21-27-19-9-8-16(24)13-17(19)23(29)28(21)26-14-15-11-18(25)22(31-10-5-2)20(12-15)30-3/h2,8-9,11-14H,4,6-7,10H2,1,3H3. The van der Waals surface area contributed by atoms with Gasteiger partial charge < -0.3 is 9.47 Å². The van der Waals surface area contributed by atoms with E-state index in [0.29, 0.717) is 34.6 Å². The number of methoxy groups -OCH3 is 1. The van der Waals surface area contributed by atoms with Gasteiger partial charge in [0.25, 0.3) is 5.56 Å². The minimum absolute atomic E-state index is 0.147. The van der Waals surface area contributed by atoms with Crippen molar-refractivity contribution < 1.29 is 9.47 Å². The Morgan fingerprint density at radius 3 is 2.87 bits per heavy atom. The summed E-state index contributed by atoms with van der Waals surface area (Å²) >= 11 is 5.58. The quantitative estimate of drug-likeness (QED) is 0.209. The molecule has 0 aliphatic rings. The van der Waals surface area contributed by atoms with Crippen LogP contribution >= 0.6 is 38.5 Å². The molecule has 3 aromatic rings. The summed E-state index contributed by atoms with van der Waals surface area (Å²) < 4.78 is 14.1. The second kappa shape index (κ2) is 10.8. The summed E-state index contributed by atoms with van der Waals surface area (Å²) in [5, 5.41) is 5.00. The van der Waals surface area contributed by atoms with Gasteiger partial charge in [0.15, 0.2) is 11.5 Å². The summed E-state index contributed by atoms with van der Waals surface area (Å²) in [5.74, 6) is 4.20. The molecule has 0 N–H and O–H groups in total. The minimum atomic E-state index is -0.204. The Labute approximate surface area is 202 Å². The van der Waals surface area contributed by atoms with E-state index in [2.05, 4.69) is 61.5 Å². The first kappa shape index (κ1) is 23.3. The number of benzene rings is 2. The summed E-state index contributed by atoms with van der Waals surface area (Å²) in [4.78, 5) is 17.9. The fourth-order valence-electron chi connectivity index (χ4n) is 3.00. The predicted molar refractivity (Wildman–Crippen MR) is 135 cm³/mol. The zero-order chi connectivity index (χ0) is 22.4. The van der Waals surface area contributed by atoms with E-state index >= 15 is 0 Å². The number of hydrogen-bond acceptors (Lipinski definition) is 5. The van der Waals surface area contributed by atoms with E-state index in [1.54, 1.807) is 25.5 Å². The van der Waals surface area contributed by atoms with Gasteiger partial charge in [-0.25, -0.2) is 4.98 Å². The van der Waals surface area contributed by atoms with Crippen LogP contribution in [0.3, 0.4) is 0 Å². The van der Waals surface area contributed by atoms with Gasteiger partial charge in [-0.15, -0.1) is 6.42 Å². The maximum atomic E-state index is 13.2. The van der Waals surface area contributed by atoms with Crippen molar-refractivity contribution in [3.63, 3.8) is 0 Å². The number of aryl methyl sites for hydroxylation is 1. The Morgan fingerprint density at radius 1 is 1.35 bits per heavy atom. The van der Waals surface area contributed by atoms with Gasteiger partial charge in [0, 0.05) is 10.9 Å². The fourth-order valence-corrected chi connectivity index (χ4v) is 4.15. The van der Waals surface area contributed by atoms with Crippen molar-refractivity contribution >= 4 is 55.6 Å². The van der Waals surface area contributed by atoms with E-state index in [9.17, 15) is 4.79 Å². The molecular weight excluding hydrogens is 573 g/mol. The highest BCUT2D eigenvalue weighted by atomic mass is 127. The smallest absolute Gasteiger partial charge is 0.282 e. The van der Waals surface area contributed by atoms with Crippen LogP contribution in [0.4, 0.5) is 0 Å². The lowest BCUT2D eigenvalue weighted by atomic mass is 10.2. The summed E-state index contributed by atoms with van der Waals surface area (Å²) in [7, 11) is 1.56. The molecule has 0 spiro atoms. The summed E-state index contributed by atoms with van der Waals surface area (Å²) in [5.41, 5.74) is 1.22. The number of terminal acetylenes is 1. The van der Waals surface area contributed by atoms with Gasteiger partial charge in [-0.1, -0.05) is 35.2 Å². The van der Waals surface area contributed by atoms with Crippen LogP contribution in [0.2, 0.25) is 0 Å². The van der Waals surface area contributed by atoms with Gasteiger partial charge in [-0.05, 0) is 64.9 Å².